The van der Waals surface area contributed by atoms with Gasteiger partial charge in [-0.3, -0.25) is 9.36 Å². The lowest BCUT2D eigenvalue weighted by molar-refractivity contribution is -0.113. The molecule has 4 aromatic carbocycles. The highest BCUT2D eigenvalue weighted by molar-refractivity contribution is 6.06. The Labute approximate surface area is 248 Å². The Hall–Kier alpha value is -5.70. The van der Waals surface area contributed by atoms with E-state index in [2.05, 4.69) is 37.6 Å². The number of nitrogens with one attached hydrogen (secondary N) is 2. The van der Waals surface area contributed by atoms with E-state index in [4.69, 9.17) is 9.72 Å². The number of ether oxygens (including phenoxy) is 1. The molecule has 2 aromatic heterocycles. The first kappa shape index (κ1) is 26.2. The third-order valence-electron chi connectivity index (χ3n) is 7.46. The quantitative estimate of drug-likeness (QED) is 0.228. The minimum atomic E-state index is -0.403. The number of imidazole rings is 1. The van der Waals surface area contributed by atoms with Crippen molar-refractivity contribution in [3.05, 3.63) is 143 Å². The molecule has 0 radical (unpaired) electrons. The molecular formula is C34H29N7O2. The molecule has 7 rings (SSSR count). The van der Waals surface area contributed by atoms with E-state index in [1.54, 1.807) is 4.68 Å². The number of benzene rings is 4. The molecule has 3 heterocycles. The van der Waals surface area contributed by atoms with Gasteiger partial charge < -0.3 is 15.4 Å². The maximum absolute atomic E-state index is 13.8. The summed E-state index contributed by atoms with van der Waals surface area (Å²) < 4.78 is 9.95. The summed E-state index contributed by atoms with van der Waals surface area (Å²) in [6.07, 6.45) is 1.90. The third-order valence-corrected chi connectivity index (χ3v) is 7.46. The van der Waals surface area contributed by atoms with Crippen molar-refractivity contribution in [1.29, 1.82) is 0 Å². The lowest BCUT2D eigenvalue weighted by Gasteiger charge is -2.30. The van der Waals surface area contributed by atoms with Crippen molar-refractivity contribution in [2.45, 2.75) is 26.1 Å². The van der Waals surface area contributed by atoms with Gasteiger partial charge in [-0.2, -0.15) is 0 Å². The van der Waals surface area contributed by atoms with Gasteiger partial charge in [-0.25, -0.2) is 9.67 Å². The third kappa shape index (κ3) is 5.36. The Balaban J connectivity index is 1.15. The van der Waals surface area contributed by atoms with Crippen LogP contribution in [0.2, 0.25) is 0 Å². The van der Waals surface area contributed by atoms with E-state index in [0.717, 1.165) is 39.2 Å². The molecule has 212 valence electrons. The topological polar surface area (TPSA) is 98.9 Å². The van der Waals surface area contributed by atoms with E-state index in [0.29, 0.717) is 30.4 Å². The summed E-state index contributed by atoms with van der Waals surface area (Å²) in [4.78, 5) is 18.6. The average molecular weight is 568 g/mol. The Morgan fingerprint density at radius 3 is 2.42 bits per heavy atom. The molecule has 6 aromatic rings. The molecule has 9 heteroatoms. The Morgan fingerprint density at radius 2 is 1.63 bits per heavy atom. The van der Waals surface area contributed by atoms with Crippen LogP contribution < -0.4 is 15.4 Å². The molecule has 2 N–H and O–H groups in total. The first-order chi connectivity index (χ1) is 21.1. The van der Waals surface area contributed by atoms with E-state index in [1.165, 1.54) is 0 Å². The van der Waals surface area contributed by atoms with Crippen LogP contribution in [0.4, 0.5) is 11.6 Å². The maximum Gasteiger partial charge on any atom is 0.255 e. The fourth-order valence-electron chi connectivity index (χ4n) is 5.45. The molecule has 0 spiro atoms. The molecule has 1 unspecified atom stereocenters. The smallest absolute Gasteiger partial charge is 0.255 e. The van der Waals surface area contributed by atoms with E-state index >= 15 is 0 Å². The number of rotatable bonds is 8. The second kappa shape index (κ2) is 11.3. The zero-order chi connectivity index (χ0) is 29.2. The summed E-state index contributed by atoms with van der Waals surface area (Å²) in [7, 11) is 0. The molecule has 0 aliphatic carbocycles. The van der Waals surface area contributed by atoms with E-state index < -0.39 is 6.04 Å². The molecule has 0 saturated heterocycles. The van der Waals surface area contributed by atoms with Crippen molar-refractivity contribution in [3.8, 4) is 5.75 Å². The largest absolute Gasteiger partial charge is 0.487 e. The Bertz CT molecular complexity index is 1930. The Morgan fingerprint density at radius 1 is 0.907 bits per heavy atom. The summed E-state index contributed by atoms with van der Waals surface area (Å²) in [5.74, 6) is 1.21. The van der Waals surface area contributed by atoms with Crippen molar-refractivity contribution in [3.63, 3.8) is 0 Å². The number of hydrogen-bond acceptors (Lipinski definition) is 6. The minimum Gasteiger partial charge on any atom is -0.487 e. The fraction of sp³-hybridized carbons (Fsp3) is 0.118. The highest BCUT2D eigenvalue weighted by Gasteiger charge is 2.34. The van der Waals surface area contributed by atoms with Gasteiger partial charge in [-0.05, 0) is 54.4 Å². The van der Waals surface area contributed by atoms with Crippen LogP contribution >= 0.6 is 0 Å². The van der Waals surface area contributed by atoms with E-state index in [9.17, 15) is 4.79 Å². The number of para-hydroxylation sites is 3. The number of nitrogens with zero attached hydrogens (tertiary/aromatic N) is 5. The second-order valence-electron chi connectivity index (χ2n) is 10.4. The summed E-state index contributed by atoms with van der Waals surface area (Å²) in [6, 6.07) is 35.0. The van der Waals surface area contributed by atoms with E-state index in [1.807, 2.05) is 110 Å². The summed E-state index contributed by atoms with van der Waals surface area (Å²) in [6.45, 7) is 2.86. The normalized spacial score (nSPS) is 14.3. The molecule has 43 heavy (non-hydrogen) atoms. The zero-order valence-electron chi connectivity index (χ0n) is 23.5. The first-order valence-electron chi connectivity index (χ1n) is 14.1. The van der Waals surface area contributed by atoms with Gasteiger partial charge >= 0.3 is 0 Å². The lowest BCUT2D eigenvalue weighted by Crippen LogP contribution is -2.30. The van der Waals surface area contributed by atoms with Crippen LogP contribution in [-0.4, -0.2) is 30.5 Å². The standard InChI is InChI=1S/C34H29N7O2/c1-23-31(33(42)36-26-12-6-3-7-13-26)32(41-30-15-9-8-14-29(30)37-34(41)35-23)25-16-18-28(19-17-25)43-22-27-21-40(39-38-27)20-24-10-4-2-5-11-24/h2-19,21,32H,20,22H2,1H3,(H,35,37)(H,36,42). The van der Waals surface area contributed by atoms with E-state index in [-0.39, 0.29) is 5.91 Å². The zero-order valence-corrected chi connectivity index (χ0v) is 23.5. The first-order valence-corrected chi connectivity index (χ1v) is 14.1. The van der Waals surface area contributed by atoms with Gasteiger partial charge in [0.2, 0.25) is 5.95 Å². The van der Waals surface area contributed by atoms with Gasteiger partial charge in [0.1, 0.15) is 18.1 Å². The highest BCUT2D eigenvalue weighted by Crippen LogP contribution is 2.40. The SMILES string of the molecule is CC1=C(C(=O)Nc2ccccc2)C(c2ccc(OCc3cn(Cc4ccccc4)nn3)cc2)n2c(nc3ccccc32)N1. The van der Waals surface area contributed by atoms with Gasteiger partial charge in [-0.15, -0.1) is 5.10 Å². The van der Waals surface area contributed by atoms with Gasteiger partial charge in [0.05, 0.1) is 35.4 Å². The van der Waals surface area contributed by atoms with Crippen LogP contribution in [-0.2, 0) is 17.9 Å². The fourth-order valence-corrected chi connectivity index (χ4v) is 5.45. The molecule has 1 aliphatic heterocycles. The molecule has 1 amide bonds. The van der Waals surface area contributed by atoms with Crippen molar-refractivity contribution in [2.75, 3.05) is 10.6 Å². The molecule has 9 nitrogen and oxygen atoms in total. The maximum atomic E-state index is 13.8. The van der Waals surface area contributed by atoms with Crippen molar-refractivity contribution < 1.29 is 9.53 Å². The molecule has 0 saturated carbocycles. The predicted molar refractivity (Wildman–Crippen MR) is 166 cm³/mol. The summed E-state index contributed by atoms with van der Waals surface area (Å²) in [5, 5.41) is 14.9. The van der Waals surface area contributed by atoms with Crippen molar-refractivity contribution in [2.24, 2.45) is 0 Å². The minimum absolute atomic E-state index is 0.177. The van der Waals surface area contributed by atoms with Gasteiger partial charge in [0.15, 0.2) is 0 Å². The number of allylic oxidation sites excluding steroid dienone is 1. The monoisotopic (exact) mass is 567 g/mol. The molecular weight excluding hydrogens is 538 g/mol. The second-order valence-corrected chi connectivity index (χ2v) is 10.4. The highest BCUT2D eigenvalue weighted by atomic mass is 16.5. The van der Waals surface area contributed by atoms with Crippen molar-refractivity contribution >= 4 is 28.6 Å². The van der Waals surface area contributed by atoms with Gasteiger partial charge in [0, 0.05) is 11.4 Å². The van der Waals surface area contributed by atoms with Crippen LogP contribution in [0.3, 0.4) is 0 Å². The molecule has 0 bridgehead atoms. The van der Waals surface area contributed by atoms with Crippen molar-refractivity contribution in [1.82, 2.24) is 24.5 Å². The Kier molecular flexibility index (Phi) is 6.88. The molecule has 0 fully saturated rings. The number of carbonyl (C=O) groups excluding carboxylic acids is 1. The summed E-state index contributed by atoms with van der Waals surface area (Å²) in [5.41, 5.74) is 6.72. The molecule has 1 atom stereocenters. The number of amides is 1. The number of fused-ring (bicyclic) bond motifs is 3. The van der Waals surface area contributed by atoms with Gasteiger partial charge in [0.25, 0.3) is 5.91 Å². The van der Waals surface area contributed by atoms with Crippen LogP contribution in [0.1, 0.15) is 29.8 Å². The van der Waals surface area contributed by atoms with Gasteiger partial charge in [-0.1, -0.05) is 78.0 Å². The summed E-state index contributed by atoms with van der Waals surface area (Å²) >= 11 is 0. The van der Waals surface area contributed by atoms with Crippen LogP contribution in [0.15, 0.2) is 127 Å². The number of hydrogen-bond donors (Lipinski definition) is 2. The number of carbonyl (C=O) groups is 1. The van der Waals surface area contributed by atoms with Crippen LogP contribution in [0.5, 0.6) is 5.75 Å². The predicted octanol–water partition coefficient (Wildman–Crippen LogP) is 6.18. The lowest BCUT2D eigenvalue weighted by atomic mass is 9.94. The average Bonchev–Trinajstić information content (AvgIpc) is 3.64. The number of anilines is 2. The number of aromatic nitrogens is 5. The van der Waals surface area contributed by atoms with Crippen LogP contribution in [0.25, 0.3) is 11.0 Å². The molecule has 1 aliphatic rings. The van der Waals surface area contributed by atoms with Crippen LogP contribution in [0, 0.1) is 0 Å².